The molecule has 3 aromatic rings. The van der Waals surface area contributed by atoms with Crippen LogP contribution in [0, 0.1) is 13.8 Å². The molecule has 0 saturated heterocycles. The molecule has 1 aliphatic rings. The van der Waals surface area contributed by atoms with Crippen molar-refractivity contribution in [1.82, 2.24) is 14.7 Å². The first-order valence-corrected chi connectivity index (χ1v) is 9.27. The Kier molecular flexibility index (Phi) is 4.44. The zero-order valence-corrected chi connectivity index (χ0v) is 15.9. The Morgan fingerprint density at radius 3 is 2.44 bits per heavy atom. The van der Waals surface area contributed by atoms with Crippen molar-refractivity contribution in [3.63, 3.8) is 0 Å². The topological polar surface area (TPSA) is 50.2 Å². The van der Waals surface area contributed by atoms with E-state index >= 15 is 0 Å². The van der Waals surface area contributed by atoms with Gasteiger partial charge in [0.15, 0.2) is 0 Å². The molecule has 1 atom stereocenters. The van der Waals surface area contributed by atoms with Gasteiger partial charge in [-0.15, -0.1) is 0 Å². The molecule has 1 N–H and O–H groups in total. The molecule has 0 unspecified atom stereocenters. The highest BCUT2D eigenvalue weighted by Crippen LogP contribution is 2.35. The predicted octanol–water partition coefficient (Wildman–Crippen LogP) is 3.85. The fraction of sp³-hybridized carbons (Fsp3) is 0.273. The van der Waals surface area contributed by atoms with Gasteiger partial charge in [-0.25, -0.2) is 0 Å². The number of benzene rings is 2. The number of carbonyl (C=O) groups excluding carboxylic acids is 1. The highest BCUT2D eigenvalue weighted by molar-refractivity contribution is 6.01. The molecular weight excluding hydrogens is 336 g/mol. The Bertz CT molecular complexity index is 977. The zero-order chi connectivity index (χ0) is 19.0. The maximum absolute atomic E-state index is 13.3. The minimum atomic E-state index is -0.218. The number of aryl methyl sites for hydroxylation is 2. The first-order valence-electron chi connectivity index (χ1n) is 9.27. The Hall–Kier alpha value is -3.08. The summed E-state index contributed by atoms with van der Waals surface area (Å²) in [6.45, 7) is 4.70. The van der Waals surface area contributed by atoms with Crippen LogP contribution in [0.4, 0.5) is 5.69 Å². The second-order valence-corrected chi connectivity index (χ2v) is 7.03. The highest BCUT2D eigenvalue weighted by atomic mass is 16.2. The van der Waals surface area contributed by atoms with Gasteiger partial charge in [0, 0.05) is 30.5 Å². The smallest absolute Gasteiger partial charge is 0.257 e. The van der Waals surface area contributed by atoms with Crippen LogP contribution in [0.3, 0.4) is 0 Å². The van der Waals surface area contributed by atoms with Crippen LogP contribution >= 0.6 is 0 Å². The lowest BCUT2D eigenvalue weighted by molar-refractivity contribution is 0.0684. The largest absolute Gasteiger partial charge is 0.361 e. The van der Waals surface area contributed by atoms with Gasteiger partial charge < -0.3 is 10.2 Å². The Morgan fingerprint density at radius 2 is 1.74 bits per heavy atom. The van der Waals surface area contributed by atoms with Crippen molar-refractivity contribution in [1.29, 1.82) is 0 Å². The number of carbonyl (C=O) groups is 1. The molecule has 5 heteroatoms. The average molecular weight is 360 g/mol. The standard InChI is InChI=1S/C22H24N4O/c1-15-20(16(2)25(3)24-15)21-23-19-12-8-7-11-18(19)22(27)26(21)14-13-17-9-5-4-6-10-17/h4-12,21,23H,13-14H2,1-3H3/t21-/m1/s1. The van der Waals surface area contributed by atoms with E-state index in [-0.39, 0.29) is 12.1 Å². The molecule has 0 spiro atoms. The number of aromatic nitrogens is 2. The lowest BCUT2D eigenvalue weighted by atomic mass is 10.0. The minimum Gasteiger partial charge on any atom is -0.361 e. The summed E-state index contributed by atoms with van der Waals surface area (Å²) in [7, 11) is 1.94. The summed E-state index contributed by atoms with van der Waals surface area (Å²) in [6.07, 6.45) is 0.593. The van der Waals surface area contributed by atoms with Gasteiger partial charge in [0.05, 0.1) is 11.3 Å². The van der Waals surface area contributed by atoms with E-state index in [0.29, 0.717) is 6.54 Å². The SMILES string of the molecule is Cc1nn(C)c(C)c1[C@@H]1Nc2ccccc2C(=O)N1CCc1ccccc1. The molecule has 4 rings (SSSR count). The zero-order valence-electron chi connectivity index (χ0n) is 15.9. The summed E-state index contributed by atoms with van der Waals surface area (Å²) >= 11 is 0. The molecule has 0 aliphatic carbocycles. The molecule has 0 saturated carbocycles. The van der Waals surface area contributed by atoms with Gasteiger partial charge in [-0.2, -0.15) is 5.10 Å². The van der Waals surface area contributed by atoms with Crippen LogP contribution in [0.2, 0.25) is 0 Å². The molecule has 1 aliphatic heterocycles. The number of hydrogen-bond acceptors (Lipinski definition) is 3. The number of hydrogen-bond donors (Lipinski definition) is 1. The molecule has 27 heavy (non-hydrogen) atoms. The van der Waals surface area contributed by atoms with Gasteiger partial charge in [0.25, 0.3) is 5.91 Å². The normalized spacial score (nSPS) is 16.2. The molecule has 2 aromatic carbocycles. The van der Waals surface area contributed by atoms with Crippen molar-refractivity contribution in [2.45, 2.75) is 26.4 Å². The summed E-state index contributed by atoms with van der Waals surface area (Å²) in [5, 5.41) is 8.14. The van der Waals surface area contributed by atoms with Crippen LogP contribution in [0.5, 0.6) is 0 Å². The second-order valence-electron chi connectivity index (χ2n) is 7.03. The highest BCUT2D eigenvalue weighted by Gasteiger charge is 2.35. The average Bonchev–Trinajstić information content (AvgIpc) is 2.93. The van der Waals surface area contributed by atoms with Crippen molar-refractivity contribution in [2.24, 2.45) is 7.05 Å². The van der Waals surface area contributed by atoms with E-state index < -0.39 is 0 Å². The minimum absolute atomic E-state index is 0.0629. The molecule has 2 heterocycles. The number of fused-ring (bicyclic) bond motifs is 1. The lowest BCUT2D eigenvalue weighted by Crippen LogP contribution is -2.44. The number of nitrogens with one attached hydrogen (secondary N) is 1. The van der Waals surface area contributed by atoms with Gasteiger partial charge in [-0.3, -0.25) is 9.48 Å². The van der Waals surface area contributed by atoms with Crippen LogP contribution in [0.1, 0.15) is 39.0 Å². The molecule has 0 fully saturated rings. The third kappa shape index (κ3) is 3.10. The van der Waals surface area contributed by atoms with Crippen molar-refractivity contribution in [3.8, 4) is 0 Å². The molecule has 1 aromatic heterocycles. The number of rotatable bonds is 4. The van der Waals surface area contributed by atoms with Gasteiger partial charge in [0.1, 0.15) is 6.17 Å². The van der Waals surface area contributed by atoms with E-state index in [1.807, 2.05) is 66.0 Å². The molecule has 138 valence electrons. The van der Waals surface area contributed by atoms with Crippen LogP contribution in [0.25, 0.3) is 0 Å². The summed E-state index contributed by atoms with van der Waals surface area (Å²) in [4.78, 5) is 15.2. The van der Waals surface area contributed by atoms with E-state index in [9.17, 15) is 4.79 Å². The summed E-state index contributed by atoms with van der Waals surface area (Å²) in [5.41, 5.74) is 5.93. The molecular formula is C22H24N4O. The Morgan fingerprint density at radius 1 is 1.04 bits per heavy atom. The number of amides is 1. The maximum atomic E-state index is 13.3. The van der Waals surface area contributed by atoms with E-state index in [4.69, 9.17) is 0 Å². The Balaban J connectivity index is 1.73. The van der Waals surface area contributed by atoms with E-state index in [1.165, 1.54) is 5.56 Å². The van der Waals surface area contributed by atoms with E-state index in [1.54, 1.807) is 0 Å². The third-order valence-corrected chi connectivity index (χ3v) is 5.34. The molecule has 0 bridgehead atoms. The van der Waals surface area contributed by atoms with Crippen molar-refractivity contribution in [3.05, 3.63) is 82.7 Å². The monoisotopic (exact) mass is 360 g/mol. The molecule has 0 radical (unpaired) electrons. The maximum Gasteiger partial charge on any atom is 0.257 e. The van der Waals surface area contributed by atoms with Gasteiger partial charge in [0.2, 0.25) is 0 Å². The van der Waals surface area contributed by atoms with Gasteiger partial charge in [-0.1, -0.05) is 42.5 Å². The van der Waals surface area contributed by atoms with Crippen LogP contribution < -0.4 is 5.32 Å². The predicted molar refractivity (Wildman–Crippen MR) is 107 cm³/mol. The third-order valence-electron chi connectivity index (χ3n) is 5.34. The van der Waals surface area contributed by atoms with Crippen molar-refractivity contribution >= 4 is 11.6 Å². The second kappa shape index (κ2) is 6.91. The summed E-state index contributed by atoms with van der Waals surface area (Å²) in [6, 6.07) is 18.0. The number of para-hydroxylation sites is 1. The van der Waals surface area contributed by atoms with Crippen molar-refractivity contribution in [2.75, 3.05) is 11.9 Å². The van der Waals surface area contributed by atoms with Crippen LogP contribution in [-0.2, 0) is 13.5 Å². The van der Waals surface area contributed by atoms with E-state index in [2.05, 4.69) is 29.5 Å². The number of nitrogens with zero attached hydrogens (tertiary/aromatic N) is 3. The van der Waals surface area contributed by atoms with Crippen LogP contribution in [0.15, 0.2) is 54.6 Å². The summed E-state index contributed by atoms with van der Waals surface area (Å²) in [5.74, 6) is 0.0629. The number of anilines is 1. The van der Waals surface area contributed by atoms with Crippen molar-refractivity contribution < 1.29 is 4.79 Å². The van der Waals surface area contributed by atoms with Crippen LogP contribution in [-0.4, -0.2) is 27.1 Å². The first-order chi connectivity index (χ1) is 13.1. The quantitative estimate of drug-likeness (QED) is 0.769. The molecule has 5 nitrogen and oxygen atoms in total. The van der Waals surface area contributed by atoms with Gasteiger partial charge in [-0.05, 0) is 38.0 Å². The molecule has 1 amide bonds. The fourth-order valence-corrected chi connectivity index (χ4v) is 3.83. The fourth-order valence-electron chi connectivity index (χ4n) is 3.83. The lowest BCUT2D eigenvalue weighted by Gasteiger charge is -2.38. The van der Waals surface area contributed by atoms with E-state index in [0.717, 1.165) is 34.6 Å². The first kappa shape index (κ1) is 17.3. The van der Waals surface area contributed by atoms with Gasteiger partial charge >= 0.3 is 0 Å². The Labute approximate surface area is 159 Å². The summed E-state index contributed by atoms with van der Waals surface area (Å²) < 4.78 is 1.88.